The third-order valence-electron chi connectivity index (χ3n) is 2.65. The first-order valence-electron chi connectivity index (χ1n) is 5.24. The Hall–Kier alpha value is -1.71. The molecule has 0 bridgehead atoms. The molecule has 0 saturated heterocycles. The van der Waals surface area contributed by atoms with Gasteiger partial charge in [0.1, 0.15) is 5.82 Å². The van der Waals surface area contributed by atoms with Crippen molar-refractivity contribution < 1.29 is 14.2 Å². The molecule has 0 aliphatic carbocycles. The Morgan fingerprint density at radius 1 is 1.00 bits per heavy atom. The highest BCUT2D eigenvalue weighted by Crippen LogP contribution is 2.31. The van der Waals surface area contributed by atoms with Crippen LogP contribution < -0.4 is 0 Å². The van der Waals surface area contributed by atoms with Crippen molar-refractivity contribution in [1.82, 2.24) is 0 Å². The normalized spacial score (nSPS) is 14.3. The van der Waals surface area contributed by atoms with E-state index in [2.05, 4.69) is 0 Å². The number of benzene rings is 2. The SMILES string of the molecule is COC([O])(c1ccccc1)c1cccc(F)c1. The fourth-order valence-electron chi connectivity index (χ4n) is 1.75. The van der Waals surface area contributed by atoms with Gasteiger partial charge in [0.15, 0.2) is 0 Å². The second-order valence-corrected chi connectivity index (χ2v) is 3.70. The second kappa shape index (κ2) is 4.65. The quantitative estimate of drug-likeness (QED) is 0.746. The van der Waals surface area contributed by atoms with Gasteiger partial charge in [-0.3, -0.25) is 0 Å². The molecule has 0 heterocycles. The number of methoxy groups -OCH3 is 1. The minimum atomic E-state index is -1.87. The van der Waals surface area contributed by atoms with Crippen molar-refractivity contribution >= 4 is 0 Å². The summed E-state index contributed by atoms with van der Waals surface area (Å²) >= 11 is 0. The summed E-state index contributed by atoms with van der Waals surface area (Å²) in [7, 11) is 1.32. The molecule has 0 amide bonds. The van der Waals surface area contributed by atoms with Crippen LogP contribution in [0, 0.1) is 5.82 Å². The van der Waals surface area contributed by atoms with E-state index < -0.39 is 11.6 Å². The van der Waals surface area contributed by atoms with Crippen LogP contribution in [0.3, 0.4) is 0 Å². The Balaban J connectivity index is 2.52. The van der Waals surface area contributed by atoms with Gasteiger partial charge in [-0.1, -0.05) is 42.5 Å². The number of halogens is 1. The molecule has 0 aliphatic heterocycles. The van der Waals surface area contributed by atoms with Crippen molar-refractivity contribution in [2.75, 3.05) is 7.11 Å². The van der Waals surface area contributed by atoms with Gasteiger partial charge in [-0.25, -0.2) is 4.39 Å². The van der Waals surface area contributed by atoms with Crippen LogP contribution in [0.25, 0.3) is 0 Å². The van der Waals surface area contributed by atoms with Gasteiger partial charge in [-0.2, -0.15) is 5.11 Å². The smallest absolute Gasteiger partial charge is 0.254 e. The molecule has 0 saturated carbocycles. The third kappa shape index (κ3) is 2.20. The average molecular weight is 231 g/mol. The number of ether oxygens (including phenoxy) is 1. The van der Waals surface area contributed by atoms with Gasteiger partial charge in [0, 0.05) is 18.2 Å². The summed E-state index contributed by atoms with van der Waals surface area (Å²) in [5, 5.41) is 12.6. The van der Waals surface area contributed by atoms with Crippen LogP contribution in [-0.2, 0) is 15.6 Å². The van der Waals surface area contributed by atoms with Gasteiger partial charge < -0.3 is 4.74 Å². The van der Waals surface area contributed by atoms with E-state index in [9.17, 15) is 9.50 Å². The van der Waals surface area contributed by atoms with Gasteiger partial charge in [0.2, 0.25) is 0 Å². The molecule has 1 radical (unpaired) electrons. The van der Waals surface area contributed by atoms with E-state index in [1.807, 2.05) is 6.07 Å². The Kier molecular flexibility index (Phi) is 3.22. The summed E-state index contributed by atoms with van der Waals surface area (Å²) in [6.45, 7) is 0. The van der Waals surface area contributed by atoms with E-state index in [4.69, 9.17) is 4.74 Å². The third-order valence-corrected chi connectivity index (χ3v) is 2.65. The van der Waals surface area contributed by atoms with Gasteiger partial charge >= 0.3 is 0 Å². The van der Waals surface area contributed by atoms with Crippen molar-refractivity contribution in [2.45, 2.75) is 5.79 Å². The molecule has 0 N–H and O–H groups in total. The van der Waals surface area contributed by atoms with Crippen LogP contribution in [0.2, 0.25) is 0 Å². The molecule has 2 aromatic carbocycles. The van der Waals surface area contributed by atoms with Crippen molar-refractivity contribution in [3.63, 3.8) is 0 Å². The van der Waals surface area contributed by atoms with Crippen LogP contribution in [0.4, 0.5) is 4.39 Å². The summed E-state index contributed by atoms with van der Waals surface area (Å²) in [5.41, 5.74) is 0.708. The highest BCUT2D eigenvalue weighted by molar-refractivity contribution is 5.33. The predicted molar refractivity (Wildman–Crippen MR) is 61.3 cm³/mol. The van der Waals surface area contributed by atoms with E-state index in [1.165, 1.54) is 25.3 Å². The zero-order valence-corrected chi connectivity index (χ0v) is 9.39. The summed E-state index contributed by atoms with van der Waals surface area (Å²) in [5.74, 6) is -2.32. The highest BCUT2D eigenvalue weighted by Gasteiger charge is 2.33. The standard InChI is InChI=1S/C14H12FO2/c1-17-14(16,11-6-3-2-4-7-11)12-8-5-9-13(15)10-12/h2-10H,1H3. The largest absolute Gasteiger partial charge is 0.344 e. The zero-order chi connectivity index (χ0) is 12.3. The molecule has 3 heteroatoms. The molecule has 2 rings (SSSR count). The van der Waals surface area contributed by atoms with Crippen molar-refractivity contribution in [1.29, 1.82) is 0 Å². The maximum atomic E-state index is 13.2. The molecule has 2 aromatic rings. The van der Waals surface area contributed by atoms with E-state index in [0.29, 0.717) is 5.56 Å². The van der Waals surface area contributed by atoms with Crippen LogP contribution in [0.1, 0.15) is 11.1 Å². The molecule has 0 aromatic heterocycles. The van der Waals surface area contributed by atoms with Crippen molar-refractivity contribution in [2.24, 2.45) is 0 Å². The molecular formula is C14H12FO2. The van der Waals surface area contributed by atoms with Crippen LogP contribution in [-0.4, -0.2) is 7.11 Å². The highest BCUT2D eigenvalue weighted by atomic mass is 19.1. The second-order valence-electron chi connectivity index (χ2n) is 3.70. The first kappa shape index (κ1) is 11.8. The summed E-state index contributed by atoms with van der Waals surface area (Å²) in [6.07, 6.45) is 0. The molecule has 87 valence electrons. The molecule has 1 unspecified atom stereocenters. The topological polar surface area (TPSA) is 29.1 Å². The van der Waals surface area contributed by atoms with Gasteiger partial charge in [-0.05, 0) is 12.1 Å². The summed E-state index contributed by atoms with van der Waals surface area (Å²) in [4.78, 5) is 0. The minimum absolute atomic E-state index is 0.256. The Bertz CT molecular complexity index is 499. The average Bonchev–Trinajstić information content (AvgIpc) is 2.39. The lowest BCUT2D eigenvalue weighted by atomic mass is 9.97. The number of hydrogen-bond donors (Lipinski definition) is 0. The fraction of sp³-hybridized carbons (Fsp3) is 0.143. The lowest BCUT2D eigenvalue weighted by Crippen LogP contribution is -2.27. The number of hydrogen-bond acceptors (Lipinski definition) is 1. The maximum absolute atomic E-state index is 13.2. The lowest BCUT2D eigenvalue weighted by molar-refractivity contribution is -0.202. The molecule has 0 aliphatic rings. The van der Waals surface area contributed by atoms with Crippen molar-refractivity contribution in [3.05, 3.63) is 71.5 Å². The Labute approximate surface area is 99.3 Å². The van der Waals surface area contributed by atoms with E-state index in [0.717, 1.165) is 0 Å². The first-order chi connectivity index (χ1) is 8.16. The first-order valence-corrected chi connectivity index (χ1v) is 5.24. The van der Waals surface area contributed by atoms with Gasteiger partial charge in [0.05, 0.1) is 0 Å². The molecular weight excluding hydrogens is 219 g/mol. The molecule has 2 nitrogen and oxygen atoms in total. The fourth-order valence-corrected chi connectivity index (χ4v) is 1.75. The maximum Gasteiger partial charge on any atom is 0.254 e. The Morgan fingerprint density at radius 3 is 2.24 bits per heavy atom. The van der Waals surface area contributed by atoms with Crippen molar-refractivity contribution in [3.8, 4) is 0 Å². The van der Waals surface area contributed by atoms with Gasteiger partial charge in [-0.15, -0.1) is 0 Å². The zero-order valence-electron chi connectivity index (χ0n) is 9.39. The monoisotopic (exact) mass is 231 g/mol. The van der Waals surface area contributed by atoms with Crippen LogP contribution in [0.15, 0.2) is 54.6 Å². The summed E-state index contributed by atoms with van der Waals surface area (Å²) in [6, 6.07) is 14.2. The van der Waals surface area contributed by atoms with Crippen LogP contribution >= 0.6 is 0 Å². The predicted octanol–water partition coefficient (Wildman–Crippen LogP) is 3.10. The lowest BCUT2D eigenvalue weighted by Gasteiger charge is -2.24. The summed E-state index contributed by atoms with van der Waals surface area (Å²) < 4.78 is 18.2. The molecule has 0 spiro atoms. The molecule has 1 atom stereocenters. The van der Waals surface area contributed by atoms with Crippen LogP contribution in [0.5, 0.6) is 0 Å². The van der Waals surface area contributed by atoms with E-state index in [1.54, 1.807) is 30.3 Å². The van der Waals surface area contributed by atoms with E-state index in [-0.39, 0.29) is 5.56 Å². The van der Waals surface area contributed by atoms with E-state index >= 15 is 0 Å². The molecule has 17 heavy (non-hydrogen) atoms. The molecule has 0 fully saturated rings. The van der Waals surface area contributed by atoms with Gasteiger partial charge in [0.25, 0.3) is 5.79 Å². The Morgan fingerprint density at radius 2 is 1.65 bits per heavy atom. The minimum Gasteiger partial charge on any atom is -0.344 e. The number of rotatable bonds is 3.